The Morgan fingerprint density at radius 1 is 1.42 bits per heavy atom. The maximum absolute atomic E-state index is 11.2. The average molecular weight is 331 g/mol. The monoisotopic (exact) mass is 330 g/mol. The van der Waals surface area contributed by atoms with Crippen molar-refractivity contribution in [2.75, 3.05) is 33.9 Å². The van der Waals surface area contributed by atoms with Gasteiger partial charge in [-0.15, -0.1) is 0 Å². The summed E-state index contributed by atoms with van der Waals surface area (Å²) in [6.07, 6.45) is 0. The number of rotatable bonds is 8. The van der Waals surface area contributed by atoms with Crippen LogP contribution in [0.3, 0.4) is 0 Å². The molecule has 0 fully saturated rings. The molecular weight excluding hydrogens is 312 g/mol. The van der Waals surface area contributed by atoms with Crippen LogP contribution in [0.4, 0.5) is 0 Å². The Balaban J connectivity index is 2.63. The third-order valence-electron chi connectivity index (χ3n) is 2.47. The molecule has 1 amide bonds. The zero-order chi connectivity index (χ0) is 14.1. The summed E-state index contributed by atoms with van der Waals surface area (Å²) in [5.41, 5.74) is 0.995. The first-order chi connectivity index (χ1) is 9.19. The number of carbonyl (C=O) groups is 1. The first-order valence-electron chi connectivity index (χ1n) is 5.99. The summed E-state index contributed by atoms with van der Waals surface area (Å²) in [6, 6.07) is 5.78. The van der Waals surface area contributed by atoms with Crippen molar-refractivity contribution in [2.45, 2.75) is 6.54 Å². The van der Waals surface area contributed by atoms with Crippen molar-refractivity contribution >= 4 is 21.8 Å². The van der Waals surface area contributed by atoms with Crippen molar-refractivity contribution in [3.05, 3.63) is 28.2 Å². The lowest BCUT2D eigenvalue weighted by molar-refractivity contribution is -0.122. The van der Waals surface area contributed by atoms with Gasteiger partial charge in [0, 0.05) is 32.8 Å². The van der Waals surface area contributed by atoms with E-state index >= 15 is 0 Å². The van der Waals surface area contributed by atoms with Crippen LogP contribution in [0.1, 0.15) is 5.56 Å². The maximum atomic E-state index is 11.2. The average Bonchev–Trinajstić information content (AvgIpc) is 2.42. The first-order valence-corrected chi connectivity index (χ1v) is 6.78. The van der Waals surface area contributed by atoms with Crippen LogP contribution in [0.15, 0.2) is 22.7 Å². The molecule has 0 heterocycles. The Morgan fingerprint density at radius 2 is 2.21 bits per heavy atom. The number of hydrogen-bond acceptors (Lipinski definition) is 4. The molecule has 0 bridgehead atoms. The van der Waals surface area contributed by atoms with Gasteiger partial charge in [-0.3, -0.25) is 4.79 Å². The predicted molar refractivity (Wildman–Crippen MR) is 77.3 cm³/mol. The number of amides is 1. The van der Waals surface area contributed by atoms with E-state index in [1.807, 2.05) is 18.2 Å². The molecule has 0 saturated carbocycles. The molecule has 0 radical (unpaired) electrons. The van der Waals surface area contributed by atoms with Crippen molar-refractivity contribution in [2.24, 2.45) is 0 Å². The van der Waals surface area contributed by atoms with Crippen LogP contribution in [-0.4, -0.2) is 39.8 Å². The SMILES string of the molecule is CNC(=O)COc1c(Br)cccc1CNCCOC. The summed E-state index contributed by atoms with van der Waals surface area (Å²) in [6.45, 7) is 2.08. The highest BCUT2D eigenvalue weighted by atomic mass is 79.9. The minimum absolute atomic E-state index is 0.00415. The maximum Gasteiger partial charge on any atom is 0.257 e. The highest BCUT2D eigenvalue weighted by molar-refractivity contribution is 9.10. The molecule has 0 aliphatic carbocycles. The molecule has 106 valence electrons. The lowest BCUT2D eigenvalue weighted by atomic mass is 10.2. The van der Waals surface area contributed by atoms with Crippen LogP contribution in [0, 0.1) is 0 Å². The van der Waals surface area contributed by atoms with E-state index in [0.717, 1.165) is 16.6 Å². The van der Waals surface area contributed by atoms with E-state index in [0.29, 0.717) is 18.9 Å². The van der Waals surface area contributed by atoms with Gasteiger partial charge in [0.1, 0.15) is 5.75 Å². The second-order valence-electron chi connectivity index (χ2n) is 3.86. The minimum atomic E-state index is -0.158. The summed E-state index contributed by atoms with van der Waals surface area (Å²) in [4.78, 5) is 11.2. The Hall–Kier alpha value is -1.11. The Bertz CT molecular complexity index is 413. The van der Waals surface area contributed by atoms with E-state index in [-0.39, 0.29) is 12.5 Å². The second kappa shape index (κ2) is 8.90. The zero-order valence-corrected chi connectivity index (χ0v) is 12.7. The molecule has 0 aromatic heterocycles. The predicted octanol–water partition coefficient (Wildman–Crippen LogP) is 1.31. The van der Waals surface area contributed by atoms with Crippen LogP contribution in [0.5, 0.6) is 5.75 Å². The van der Waals surface area contributed by atoms with Crippen LogP contribution < -0.4 is 15.4 Å². The molecule has 19 heavy (non-hydrogen) atoms. The van der Waals surface area contributed by atoms with Gasteiger partial charge in [0.2, 0.25) is 0 Å². The Morgan fingerprint density at radius 3 is 2.89 bits per heavy atom. The number of nitrogens with one attached hydrogen (secondary N) is 2. The van der Waals surface area contributed by atoms with Crippen molar-refractivity contribution < 1.29 is 14.3 Å². The highest BCUT2D eigenvalue weighted by Crippen LogP contribution is 2.28. The fourth-order valence-electron chi connectivity index (χ4n) is 1.46. The van der Waals surface area contributed by atoms with E-state index in [1.165, 1.54) is 0 Å². The van der Waals surface area contributed by atoms with Crippen LogP contribution >= 0.6 is 15.9 Å². The number of para-hydroxylation sites is 1. The lowest BCUT2D eigenvalue weighted by Gasteiger charge is -2.13. The normalized spacial score (nSPS) is 10.3. The summed E-state index contributed by atoms with van der Waals surface area (Å²) < 4.78 is 11.4. The standard InChI is InChI=1S/C13H19BrN2O3/c1-15-12(17)9-19-13-10(4-3-5-11(13)14)8-16-6-7-18-2/h3-5,16H,6-9H2,1-2H3,(H,15,17). The molecule has 0 saturated heterocycles. The highest BCUT2D eigenvalue weighted by Gasteiger charge is 2.09. The zero-order valence-electron chi connectivity index (χ0n) is 11.2. The molecule has 5 nitrogen and oxygen atoms in total. The Labute approximate surface area is 121 Å². The van der Waals surface area contributed by atoms with Crippen molar-refractivity contribution in [1.29, 1.82) is 0 Å². The van der Waals surface area contributed by atoms with Gasteiger partial charge in [-0.2, -0.15) is 0 Å². The van der Waals surface area contributed by atoms with E-state index in [4.69, 9.17) is 9.47 Å². The smallest absolute Gasteiger partial charge is 0.257 e. The molecule has 0 aliphatic rings. The third kappa shape index (κ3) is 5.59. The summed E-state index contributed by atoms with van der Waals surface area (Å²) in [7, 11) is 3.25. The lowest BCUT2D eigenvalue weighted by Crippen LogP contribution is -2.25. The second-order valence-corrected chi connectivity index (χ2v) is 4.71. The molecule has 1 aromatic carbocycles. The van der Waals surface area contributed by atoms with Gasteiger partial charge in [-0.1, -0.05) is 12.1 Å². The van der Waals surface area contributed by atoms with Gasteiger partial charge in [0.05, 0.1) is 11.1 Å². The molecule has 0 unspecified atom stereocenters. The molecule has 2 N–H and O–H groups in total. The van der Waals surface area contributed by atoms with Gasteiger partial charge in [0.15, 0.2) is 6.61 Å². The number of carbonyl (C=O) groups excluding carboxylic acids is 1. The van der Waals surface area contributed by atoms with Crippen LogP contribution in [-0.2, 0) is 16.1 Å². The first kappa shape index (κ1) is 15.9. The van der Waals surface area contributed by atoms with Gasteiger partial charge >= 0.3 is 0 Å². The van der Waals surface area contributed by atoms with Gasteiger partial charge in [0.25, 0.3) is 5.91 Å². The van der Waals surface area contributed by atoms with Gasteiger partial charge < -0.3 is 20.1 Å². The van der Waals surface area contributed by atoms with E-state index < -0.39 is 0 Å². The van der Waals surface area contributed by atoms with Crippen LogP contribution in [0.25, 0.3) is 0 Å². The quantitative estimate of drug-likeness (QED) is 0.705. The Kier molecular flexibility index (Phi) is 7.47. The number of methoxy groups -OCH3 is 1. The van der Waals surface area contributed by atoms with Gasteiger partial charge in [-0.05, 0) is 22.0 Å². The molecule has 0 atom stereocenters. The minimum Gasteiger partial charge on any atom is -0.482 e. The van der Waals surface area contributed by atoms with Crippen molar-refractivity contribution in [3.63, 3.8) is 0 Å². The molecule has 0 spiro atoms. The number of hydrogen-bond donors (Lipinski definition) is 2. The fourth-order valence-corrected chi connectivity index (χ4v) is 1.98. The van der Waals surface area contributed by atoms with Crippen molar-refractivity contribution in [1.82, 2.24) is 10.6 Å². The topological polar surface area (TPSA) is 59.6 Å². The summed E-state index contributed by atoms with van der Waals surface area (Å²) >= 11 is 3.43. The summed E-state index contributed by atoms with van der Waals surface area (Å²) in [5.74, 6) is 0.532. The molecular formula is C13H19BrN2O3. The van der Waals surface area contributed by atoms with E-state index in [2.05, 4.69) is 26.6 Å². The van der Waals surface area contributed by atoms with E-state index in [1.54, 1.807) is 14.2 Å². The number of halogens is 1. The van der Waals surface area contributed by atoms with E-state index in [9.17, 15) is 4.79 Å². The molecule has 6 heteroatoms. The van der Waals surface area contributed by atoms with Crippen LogP contribution in [0.2, 0.25) is 0 Å². The number of ether oxygens (including phenoxy) is 2. The third-order valence-corrected chi connectivity index (χ3v) is 3.10. The molecule has 0 aliphatic heterocycles. The molecule has 1 rings (SSSR count). The number of benzene rings is 1. The molecule has 1 aromatic rings. The van der Waals surface area contributed by atoms with Crippen molar-refractivity contribution in [3.8, 4) is 5.75 Å². The number of likely N-dealkylation sites (N-methyl/N-ethyl adjacent to an activating group) is 1. The largest absolute Gasteiger partial charge is 0.482 e. The fraction of sp³-hybridized carbons (Fsp3) is 0.462. The van der Waals surface area contributed by atoms with Gasteiger partial charge in [-0.25, -0.2) is 0 Å². The summed E-state index contributed by atoms with van der Waals surface area (Å²) in [5, 5.41) is 5.77.